The lowest BCUT2D eigenvalue weighted by atomic mass is 9.77. The van der Waals surface area contributed by atoms with Crippen LogP contribution in [0.4, 0.5) is 4.39 Å². The number of nitrogens with one attached hydrogen (secondary N) is 2. The lowest BCUT2D eigenvalue weighted by Crippen LogP contribution is -2.46. The second kappa shape index (κ2) is 13.0. The molecule has 1 atom stereocenters. The summed E-state index contributed by atoms with van der Waals surface area (Å²) in [7, 11) is -3.46. The minimum Gasteiger partial charge on any atom is -0.390 e. The van der Waals surface area contributed by atoms with Gasteiger partial charge in [-0.3, -0.25) is 14.3 Å². The molecule has 1 aromatic heterocycles. The van der Waals surface area contributed by atoms with Gasteiger partial charge in [0, 0.05) is 66.6 Å². The predicted molar refractivity (Wildman–Crippen MR) is 171 cm³/mol. The third-order valence-corrected chi connectivity index (χ3v) is 11.1. The Balaban J connectivity index is 1.21. The summed E-state index contributed by atoms with van der Waals surface area (Å²) in [5.74, 6) is -0.667. The molecule has 3 aromatic rings. The van der Waals surface area contributed by atoms with Crippen LogP contribution in [0.15, 0.2) is 42.5 Å². The number of likely N-dealkylation sites (tertiary alicyclic amines) is 1. The van der Waals surface area contributed by atoms with Crippen molar-refractivity contribution in [2.45, 2.75) is 51.4 Å². The zero-order valence-electron chi connectivity index (χ0n) is 25.6. The van der Waals surface area contributed by atoms with E-state index >= 15 is 0 Å². The van der Waals surface area contributed by atoms with Gasteiger partial charge in [0.1, 0.15) is 5.82 Å². The summed E-state index contributed by atoms with van der Waals surface area (Å²) in [5.41, 5.74) is 3.60. The number of piperidine rings is 1. The van der Waals surface area contributed by atoms with Crippen LogP contribution in [0.1, 0.15) is 46.4 Å². The zero-order valence-corrected chi connectivity index (χ0v) is 27.2. The molecule has 2 saturated heterocycles. The second-order valence-corrected chi connectivity index (χ2v) is 14.9. The van der Waals surface area contributed by atoms with E-state index in [1.54, 1.807) is 16.8 Å². The van der Waals surface area contributed by atoms with Gasteiger partial charge < -0.3 is 20.6 Å². The number of β-amino-alcohol motifs (C(OH)–C–C–N with tert-alkyl or cyclic N) is 1. The largest absolute Gasteiger partial charge is 0.390 e. The van der Waals surface area contributed by atoms with Crippen molar-refractivity contribution >= 4 is 33.4 Å². The summed E-state index contributed by atoms with van der Waals surface area (Å²) >= 11 is 6.50. The molecule has 14 heteroatoms. The third-order valence-electron chi connectivity index (χ3n) is 9.47. The molecule has 0 aliphatic carbocycles. The number of nitrogens with zero attached hydrogens (tertiary/aromatic N) is 4. The lowest BCUT2D eigenvalue weighted by Gasteiger charge is -2.38. The van der Waals surface area contributed by atoms with Crippen molar-refractivity contribution in [2.75, 3.05) is 39.0 Å². The molecule has 3 aliphatic heterocycles. The maximum Gasteiger partial charge on any atom is 0.251 e. The van der Waals surface area contributed by atoms with Gasteiger partial charge >= 0.3 is 0 Å². The molecule has 3 aliphatic rings. The number of rotatable bonds is 9. The number of aliphatic hydroxyl groups excluding tert-OH is 1. The van der Waals surface area contributed by atoms with E-state index in [1.807, 2.05) is 6.07 Å². The Hall–Kier alpha value is -3.36. The summed E-state index contributed by atoms with van der Waals surface area (Å²) in [6.07, 6.45) is 3.32. The summed E-state index contributed by atoms with van der Waals surface area (Å²) in [4.78, 5) is 27.2. The van der Waals surface area contributed by atoms with Crippen LogP contribution >= 0.6 is 11.6 Å². The van der Waals surface area contributed by atoms with Crippen molar-refractivity contribution in [3.8, 4) is 11.3 Å². The average molecular weight is 673 g/mol. The van der Waals surface area contributed by atoms with Crippen molar-refractivity contribution < 1.29 is 27.5 Å². The van der Waals surface area contributed by atoms with E-state index in [4.69, 9.17) is 16.7 Å². The topological polar surface area (TPSA) is 137 Å². The molecule has 1 unspecified atom stereocenters. The number of halogens is 2. The van der Waals surface area contributed by atoms with Crippen LogP contribution in [-0.4, -0.2) is 89.4 Å². The van der Waals surface area contributed by atoms with Gasteiger partial charge in [-0.25, -0.2) is 12.8 Å². The minimum absolute atomic E-state index is 0.110. The highest BCUT2D eigenvalue weighted by molar-refractivity contribution is 7.88. The molecule has 0 bridgehead atoms. The van der Waals surface area contributed by atoms with E-state index in [9.17, 15) is 27.5 Å². The highest BCUT2D eigenvalue weighted by atomic mass is 35.5. The molecule has 1 spiro atoms. The van der Waals surface area contributed by atoms with Gasteiger partial charge in [-0.15, -0.1) is 0 Å². The van der Waals surface area contributed by atoms with Crippen LogP contribution in [0.25, 0.3) is 11.3 Å². The Labute approximate surface area is 272 Å². The molecular weight excluding hydrogens is 635 g/mol. The van der Waals surface area contributed by atoms with Crippen molar-refractivity contribution in [3.63, 3.8) is 0 Å². The number of amides is 2. The van der Waals surface area contributed by atoms with Gasteiger partial charge in [0.25, 0.3) is 5.91 Å². The highest BCUT2D eigenvalue weighted by Gasteiger charge is 2.44. The second-order valence-electron chi connectivity index (χ2n) is 12.5. The van der Waals surface area contributed by atoms with Crippen LogP contribution < -0.4 is 10.6 Å². The maximum atomic E-state index is 13.3. The number of aliphatic hydroxyl groups is 1. The first kappa shape index (κ1) is 32.6. The molecule has 3 N–H and O–H groups in total. The fourth-order valence-corrected chi connectivity index (χ4v) is 7.75. The minimum atomic E-state index is -3.46. The molecule has 0 radical (unpaired) electrons. The van der Waals surface area contributed by atoms with Crippen molar-refractivity contribution in [3.05, 3.63) is 75.7 Å². The number of carbonyl (C=O) groups excluding carboxylic acids is 2. The van der Waals surface area contributed by atoms with E-state index in [2.05, 4.69) is 15.5 Å². The van der Waals surface area contributed by atoms with Gasteiger partial charge in [0.05, 0.1) is 30.0 Å². The van der Waals surface area contributed by atoms with E-state index < -0.39 is 21.9 Å². The van der Waals surface area contributed by atoms with Crippen LogP contribution in [0, 0.1) is 11.2 Å². The maximum absolute atomic E-state index is 13.3. The Kier molecular flexibility index (Phi) is 9.23. The first-order valence-corrected chi connectivity index (χ1v) is 17.7. The number of aromatic nitrogens is 2. The lowest BCUT2D eigenvalue weighted by molar-refractivity contribution is -0.130. The normalized spacial score (nSPS) is 19.2. The summed E-state index contributed by atoms with van der Waals surface area (Å²) in [5, 5.41) is 22.3. The molecule has 2 aromatic carbocycles. The van der Waals surface area contributed by atoms with Gasteiger partial charge in [0.15, 0.2) is 0 Å². The van der Waals surface area contributed by atoms with E-state index in [1.165, 1.54) is 34.8 Å². The SMILES string of the molecule is CS(=O)(=O)N1CCc2c(c(-c3ccc(Cl)c(CNC(=O)c4ccc(F)cc4)c3)nn2CC(O)CN2CCC3(CCNC3=O)CC2)C1. The molecule has 2 fully saturated rings. The number of benzene rings is 2. The van der Waals surface area contributed by atoms with Crippen molar-refractivity contribution in [1.82, 2.24) is 29.6 Å². The number of carbonyl (C=O) groups is 2. The number of sulfonamides is 1. The summed E-state index contributed by atoms with van der Waals surface area (Å²) in [6.45, 7) is 3.44. The van der Waals surface area contributed by atoms with Crippen LogP contribution in [0.2, 0.25) is 5.02 Å². The molecule has 6 rings (SSSR count). The summed E-state index contributed by atoms with van der Waals surface area (Å²) < 4.78 is 41.5. The number of fused-ring (bicyclic) bond motifs is 1. The monoisotopic (exact) mass is 672 g/mol. The van der Waals surface area contributed by atoms with E-state index in [-0.39, 0.29) is 36.9 Å². The fraction of sp³-hybridized carbons (Fsp3) is 0.469. The number of hydrogen-bond donors (Lipinski definition) is 3. The van der Waals surface area contributed by atoms with Gasteiger partial charge in [-0.05, 0) is 74.3 Å². The Bertz CT molecular complexity index is 1740. The van der Waals surface area contributed by atoms with Crippen molar-refractivity contribution in [2.24, 2.45) is 5.41 Å². The third kappa shape index (κ3) is 6.84. The van der Waals surface area contributed by atoms with E-state index in [0.29, 0.717) is 46.9 Å². The summed E-state index contributed by atoms with van der Waals surface area (Å²) in [6, 6.07) is 10.6. The quantitative estimate of drug-likeness (QED) is 0.318. The molecular formula is C32H38ClFN6O5S. The zero-order chi connectivity index (χ0) is 32.6. The first-order valence-electron chi connectivity index (χ1n) is 15.5. The van der Waals surface area contributed by atoms with Gasteiger partial charge in [-0.2, -0.15) is 9.40 Å². The molecule has 11 nitrogen and oxygen atoms in total. The molecule has 2 amide bonds. The standard InChI is InChI=1S/C32H38ClFN6O5S/c1-46(44,45)39-13-8-28-26(20-39)29(22-4-7-27(33)23(16-22)17-36-30(42)21-2-5-24(34)6-3-21)37-40(28)19-25(41)18-38-14-10-32(11-15-38)9-12-35-31(32)43/h2-7,16,25,41H,8-15,17-20H2,1H3,(H,35,43)(H,36,42). The molecule has 246 valence electrons. The van der Waals surface area contributed by atoms with E-state index in [0.717, 1.165) is 50.2 Å². The van der Waals surface area contributed by atoms with Crippen LogP contribution in [0.3, 0.4) is 0 Å². The number of hydrogen-bond acceptors (Lipinski definition) is 7. The smallest absolute Gasteiger partial charge is 0.251 e. The van der Waals surface area contributed by atoms with Crippen molar-refractivity contribution in [1.29, 1.82) is 0 Å². The fourth-order valence-electron chi connectivity index (χ4n) is 6.78. The predicted octanol–water partition coefficient (Wildman–Crippen LogP) is 2.55. The molecule has 46 heavy (non-hydrogen) atoms. The van der Waals surface area contributed by atoms with Crippen LogP contribution in [-0.2, 0) is 40.9 Å². The van der Waals surface area contributed by atoms with Crippen LogP contribution in [0.5, 0.6) is 0 Å². The van der Waals surface area contributed by atoms with Gasteiger partial charge in [0.2, 0.25) is 15.9 Å². The van der Waals surface area contributed by atoms with Gasteiger partial charge in [-0.1, -0.05) is 17.7 Å². The molecule has 4 heterocycles. The Morgan fingerprint density at radius 1 is 1.13 bits per heavy atom. The Morgan fingerprint density at radius 2 is 1.87 bits per heavy atom. The average Bonchev–Trinajstić information content (AvgIpc) is 3.56. The molecule has 0 saturated carbocycles. The highest BCUT2D eigenvalue weighted by Crippen LogP contribution is 2.38. The Morgan fingerprint density at radius 3 is 2.54 bits per heavy atom. The first-order chi connectivity index (χ1) is 21.9.